The van der Waals surface area contributed by atoms with Crippen LogP contribution in [0, 0.1) is 0 Å². The summed E-state index contributed by atoms with van der Waals surface area (Å²) in [4.78, 5) is 38.8. The summed E-state index contributed by atoms with van der Waals surface area (Å²) >= 11 is 0. The standard InChI is InChI=1S/C18H19N5O3/c1-22-10-8-14(21-22)19-15(24)11-23-16(25)18(20-17(23)26)9-4-6-12-5-2-3-7-13(12)18/h2-3,5,7-8,10H,4,6,9,11H2,1H3,(H,20,26)(H,19,21,24)/t18-/m1/s1. The first-order valence-electron chi connectivity index (χ1n) is 8.51. The van der Waals surface area contributed by atoms with E-state index < -0.39 is 17.5 Å². The summed E-state index contributed by atoms with van der Waals surface area (Å²) in [6, 6.07) is 8.75. The van der Waals surface area contributed by atoms with Crippen molar-refractivity contribution in [3.8, 4) is 0 Å². The van der Waals surface area contributed by atoms with Crippen LogP contribution in [-0.4, -0.2) is 39.1 Å². The predicted octanol–water partition coefficient (Wildman–Crippen LogP) is 1.14. The second-order valence-electron chi connectivity index (χ2n) is 6.66. The third-order valence-electron chi connectivity index (χ3n) is 4.93. The van der Waals surface area contributed by atoms with Gasteiger partial charge in [0.1, 0.15) is 12.1 Å². The highest BCUT2D eigenvalue weighted by atomic mass is 16.2. The number of aryl methyl sites for hydroxylation is 2. The number of aromatic nitrogens is 2. The van der Waals surface area contributed by atoms with Crippen molar-refractivity contribution in [3.63, 3.8) is 0 Å². The molecule has 0 saturated carbocycles. The number of urea groups is 1. The van der Waals surface area contributed by atoms with Gasteiger partial charge in [0.05, 0.1) is 0 Å². The maximum absolute atomic E-state index is 13.1. The van der Waals surface area contributed by atoms with Gasteiger partial charge >= 0.3 is 6.03 Å². The van der Waals surface area contributed by atoms with Crippen LogP contribution in [0.5, 0.6) is 0 Å². The van der Waals surface area contributed by atoms with Crippen molar-refractivity contribution in [1.82, 2.24) is 20.0 Å². The fourth-order valence-electron chi connectivity index (χ4n) is 3.76. The highest BCUT2D eigenvalue weighted by molar-refractivity contribution is 6.10. The first-order chi connectivity index (χ1) is 12.5. The van der Waals surface area contributed by atoms with Gasteiger partial charge in [0, 0.05) is 19.3 Å². The molecule has 1 atom stereocenters. The summed E-state index contributed by atoms with van der Waals surface area (Å²) in [7, 11) is 1.73. The number of anilines is 1. The molecule has 2 aliphatic rings. The quantitative estimate of drug-likeness (QED) is 0.809. The smallest absolute Gasteiger partial charge is 0.319 e. The largest absolute Gasteiger partial charge is 0.325 e. The van der Waals surface area contributed by atoms with Crippen LogP contribution in [0.3, 0.4) is 0 Å². The first-order valence-corrected chi connectivity index (χ1v) is 8.51. The van der Waals surface area contributed by atoms with Crippen LogP contribution in [0.2, 0.25) is 0 Å². The first kappa shape index (κ1) is 16.3. The molecule has 4 amide bonds. The van der Waals surface area contributed by atoms with Crippen LogP contribution >= 0.6 is 0 Å². The molecular weight excluding hydrogens is 334 g/mol. The minimum Gasteiger partial charge on any atom is -0.319 e. The Morgan fingerprint density at radius 1 is 1.31 bits per heavy atom. The number of imide groups is 1. The van der Waals surface area contributed by atoms with Crippen molar-refractivity contribution in [2.75, 3.05) is 11.9 Å². The number of amides is 4. The third kappa shape index (κ3) is 2.54. The lowest BCUT2D eigenvalue weighted by atomic mass is 9.76. The van der Waals surface area contributed by atoms with E-state index in [0.29, 0.717) is 12.2 Å². The zero-order valence-corrected chi connectivity index (χ0v) is 14.4. The minimum atomic E-state index is -1.06. The lowest BCUT2D eigenvalue weighted by Crippen LogP contribution is -2.47. The SMILES string of the molecule is Cn1ccc(NC(=O)CN2C(=O)N[C@@]3(CCCc4ccccc43)C2=O)n1. The van der Waals surface area contributed by atoms with E-state index in [2.05, 4.69) is 15.7 Å². The number of fused-ring (bicyclic) bond motifs is 2. The Morgan fingerprint density at radius 3 is 2.88 bits per heavy atom. The molecule has 1 aliphatic carbocycles. The molecule has 0 unspecified atom stereocenters. The minimum absolute atomic E-state index is 0.342. The Balaban J connectivity index is 1.56. The van der Waals surface area contributed by atoms with Gasteiger partial charge in [-0.3, -0.25) is 19.2 Å². The van der Waals surface area contributed by atoms with E-state index in [4.69, 9.17) is 0 Å². The van der Waals surface area contributed by atoms with E-state index in [1.807, 2.05) is 24.3 Å². The molecular formula is C18H19N5O3. The molecule has 4 rings (SSSR count). The summed E-state index contributed by atoms with van der Waals surface area (Å²) < 4.78 is 1.55. The number of nitrogens with zero attached hydrogens (tertiary/aromatic N) is 3. The molecule has 0 radical (unpaired) electrons. The van der Waals surface area contributed by atoms with Gasteiger partial charge in [-0.1, -0.05) is 24.3 Å². The van der Waals surface area contributed by atoms with E-state index in [1.54, 1.807) is 24.0 Å². The molecule has 1 aromatic carbocycles. The van der Waals surface area contributed by atoms with E-state index in [9.17, 15) is 14.4 Å². The average Bonchev–Trinajstić information content (AvgIpc) is 3.12. The highest BCUT2D eigenvalue weighted by Crippen LogP contribution is 2.39. The van der Waals surface area contributed by atoms with E-state index >= 15 is 0 Å². The summed E-state index contributed by atoms with van der Waals surface area (Å²) in [6.45, 7) is -0.342. The van der Waals surface area contributed by atoms with Crippen molar-refractivity contribution in [2.45, 2.75) is 24.8 Å². The normalized spacial score (nSPS) is 21.7. The van der Waals surface area contributed by atoms with Gasteiger partial charge in [0.2, 0.25) is 5.91 Å². The average molecular weight is 353 g/mol. The fourth-order valence-corrected chi connectivity index (χ4v) is 3.76. The molecule has 1 fully saturated rings. The van der Waals surface area contributed by atoms with Gasteiger partial charge in [-0.05, 0) is 30.4 Å². The Hall–Kier alpha value is -3.16. The number of carbonyl (C=O) groups excluding carboxylic acids is 3. The maximum atomic E-state index is 13.1. The van der Waals surface area contributed by atoms with Crippen LogP contribution in [0.15, 0.2) is 36.5 Å². The van der Waals surface area contributed by atoms with E-state index in [1.165, 1.54) is 0 Å². The van der Waals surface area contributed by atoms with Crippen LogP contribution in [0.4, 0.5) is 10.6 Å². The summed E-state index contributed by atoms with van der Waals surface area (Å²) in [5.41, 5.74) is 0.835. The molecule has 8 heteroatoms. The molecule has 1 aromatic heterocycles. The Morgan fingerprint density at radius 2 is 2.12 bits per heavy atom. The van der Waals surface area contributed by atoms with Crippen LogP contribution < -0.4 is 10.6 Å². The zero-order chi connectivity index (χ0) is 18.3. The summed E-state index contributed by atoms with van der Waals surface area (Å²) in [5, 5.41) is 9.49. The maximum Gasteiger partial charge on any atom is 0.325 e. The zero-order valence-electron chi connectivity index (χ0n) is 14.4. The Kier molecular flexibility index (Phi) is 3.75. The molecule has 134 valence electrons. The van der Waals surface area contributed by atoms with Crippen molar-refractivity contribution >= 4 is 23.7 Å². The fraction of sp³-hybridized carbons (Fsp3) is 0.333. The Bertz CT molecular complexity index is 906. The number of rotatable bonds is 3. The van der Waals surface area contributed by atoms with Gasteiger partial charge in [-0.25, -0.2) is 4.79 Å². The van der Waals surface area contributed by atoms with E-state index in [-0.39, 0.29) is 12.5 Å². The number of nitrogens with one attached hydrogen (secondary N) is 2. The lowest BCUT2D eigenvalue weighted by Gasteiger charge is -2.33. The van der Waals surface area contributed by atoms with Gasteiger partial charge < -0.3 is 10.6 Å². The number of hydrogen-bond donors (Lipinski definition) is 2. The number of hydrogen-bond acceptors (Lipinski definition) is 4. The molecule has 8 nitrogen and oxygen atoms in total. The molecule has 1 spiro atoms. The van der Waals surface area contributed by atoms with Crippen molar-refractivity contribution in [1.29, 1.82) is 0 Å². The molecule has 26 heavy (non-hydrogen) atoms. The van der Waals surface area contributed by atoms with Crippen molar-refractivity contribution in [3.05, 3.63) is 47.7 Å². The second-order valence-corrected chi connectivity index (χ2v) is 6.66. The highest BCUT2D eigenvalue weighted by Gasteiger charge is 2.54. The van der Waals surface area contributed by atoms with Crippen LogP contribution in [-0.2, 0) is 28.6 Å². The number of carbonyl (C=O) groups is 3. The van der Waals surface area contributed by atoms with Crippen LogP contribution in [0.25, 0.3) is 0 Å². The summed E-state index contributed by atoms with van der Waals surface area (Å²) in [5.74, 6) is -0.457. The van der Waals surface area contributed by atoms with Gasteiger partial charge in [0.25, 0.3) is 5.91 Å². The monoisotopic (exact) mass is 353 g/mol. The predicted molar refractivity (Wildman–Crippen MR) is 93.1 cm³/mol. The molecule has 1 aliphatic heterocycles. The third-order valence-corrected chi connectivity index (χ3v) is 4.93. The molecule has 2 aromatic rings. The molecule has 0 bridgehead atoms. The van der Waals surface area contributed by atoms with Crippen molar-refractivity contribution in [2.24, 2.45) is 7.05 Å². The van der Waals surface area contributed by atoms with E-state index in [0.717, 1.165) is 28.9 Å². The van der Waals surface area contributed by atoms with Crippen molar-refractivity contribution < 1.29 is 14.4 Å². The van der Waals surface area contributed by atoms with Gasteiger partial charge in [-0.2, -0.15) is 5.10 Å². The second kappa shape index (κ2) is 5.98. The molecule has 2 N–H and O–H groups in total. The topological polar surface area (TPSA) is 96.3 Å². The Labute approximate surface area is 150 Å². The van der Waals surface area contributed by atoms with Gasteiger partial charge in [-0.15, -0.1) is 0 Å². The lowest BCUT2D eigenvalue weighted by molar-refractivity contribution is -0.134. The summed E-state index contributed by atoms with van der Waals surface area (Å²) in [6.07, 6.45) is 3.91. The van der Waals surface area contributed by atoms with Crippen LogP contribution in [0.1, 0.15) is 24.0 Å². The number of benzene rings is 1. The molecule has 2 heterocycles. The molecule has 1 saturated heterocycles. The van der Waals surface area contributed by atoms with Gasteiger partial charge in [0.15, 0.2) is 5.82 Å².